The fourth-order valence-corrected chi connectivity index (χ4v) is 2.49. The summed E-state index contributed by atoms with van der Waals surface area (Å²) in [6.07, 6.45) is 6.54. The minimum absolute atomic E-state index is 0.134. The van der Waals surface area contributed by atoms with E-state index < -0.39 is 0 Å². The number of amides is 1. The molecular weight excluding hydrogens is 324 g/mol. The van der Waals surface area contributed by atoms with Crippen LogP contribution in [0.2, 0.25) is 5.15 Å². The Labute approximate surface area is 144 Å². The van der Waals surface area contributed by atoms with Crippen LogP contribution in [-0.2, 0) is 0 Å². The molecule has 5 nitrogen and oxygen atoms in total. The van der Waals surface area contributed by atoms with Crippen LogP contribution in [0.5, 0.6) is 0 Å². The molecule has 3 aromatic rings. The number of halogens is 1. The summed E-state index contributed by atoms with van der Waals surface area (Å²) < 4.78 is 0. The molecule has 0 bridgehead atoms. The van der Waals surface area contributed by atoms with Crippen molar-refractivity contribution in [2.45, 2.75) is 13.0 Å². The van der Waals surface area contributed by atoms with Crippen LogP contribution in [0.3, 0.4) is 0 Å². The summed E-state index contributed by atoms with van der Waals surface area (Å²) in [5.41, 5.74) is 3.47. The third kappa shape index (κ3) is 3.75. The summed E-state index contributed by atoms with van der Waals surface area (Å²) in [5.74, 6) is -0.188. The van der Waals surface area contributed by atoms with Gasteiger partial charge in [-0.3, -0.25) is 4.79 Å². The number of nitrogens with zero attached hydrogens (tertiary/aromatic N) is 3. The average Bonchev–Trinajstić information content (AvgIpc) is 2.62. The molecule has 0 spiro atoms. The third-order valence-electron chi connectivity index (χ3n) is 3.64. The van der Waals surface area contributed by atoms with E-state index in [-0.39, 0.29) is 11.9 Å². The number of pyridine rings is 1. The lowest BCUT2D eigenvalue weighted by atomic mass is 10.0. The van der Waals surface area contributed by atoms with Gasteiger partial charge in [0.05, 0.1) is 6.04 Å². The number of benzene rings is 1. The SMILES string of the molecule is CC(NC(=O)c1ccnc(Cl)c1)c1ccc(-c2cncnc2)cc1. The number of carbonyl (C=O) groups is 1. The summed E-state index contributed by atoms with van der Waals surface area (Å²) in [4.78, 5) is 24.2. The number of hydrogen-bond donors (Lipinski definition) is 1. The Bertz CT molecular complexity index is 837. The van der Waals surface area contributed by atoms with Gasteiger partial charge in [0.2, 0.25) is 0 Å². The fraction of sp³-hybridized carbons (Fsp3) is 0.111. The summed E-state index contributed by atoms with van der Waals surface area (Å²) in [6, 6.07) is 11.0. The second-order valence-electron chi connectivity index (χ2n) is 5.31. The van der Waals surface area contributed by atoms with Gasteiger partial charge in [-0.1, -0.05) is 35.9 Å². The Balaban J connectivity index is 1.71. The molecule has 3 rings (SSSR count). The molecule has 6 heteroatoms. The molecule has 0 saturated heterocycles. The van der Waals surface area contributed by atoms with E-state index in [1.54, 1.807) is 24.5 Å². The summed E-state index contributed by atoms with van der Waals surface area (Å²) in [6.45, 7) is 1.93. The van der Waals surface area contributed by atoms with Crippen LogP contribution < -0.4 is 5.32 Å². The van der Waals surface area contributed by atoms with Crippen molar-refractivity contribution < 1.29 is 4.79 Å². The van der Waals surface area contributed by atoms with Gasteiger partial charge >= 0.3 is 0 Å². The molecule has 0 aliphatic carbocycles. The van der Waals surface area contributed by atoms with Gasteiger partial charge in [0, 0.05) is 29.7 Å². The van der Waals surface area contributed by atoms with E-state index in [9.17, 15) is 4.79 Å². The van der Waals surface area contributed by atoms with Gasteiger partial charge < -0.3 is 5.32 Å². The van der Waals surface area contributed by atoms with E-state index in [1.165, 1.54) is 12.5 Å². The van der Waals surface area contributed by atoms with E-state index in [0.29, 0.717) is 10.7 Å². The maximum Gasteiger partial charge on any atom is 0.251 e. The average molecular weight is 339 g/mol. The summed E-state index contributed by atoms with van der Waals surface area (Å²) >= 11 is 5.82. The van der Waals surface area contributed by atoms with E-state index in [0.717, 1.165) is 16.7 Å². The topological polar surface area (TPSA) is 67.8 Å². The molecule has 1 atom stereocenters. The number of hydrogen-bond acceptors (Lipinski definition) is 4. The molecule has 120 valence electrons. The van der Waals surface area contributed by atoms with Crippen molar-refractivity contribution in [3.63, 3.8) is 0 Å². The lowest BCUT2D eigenvalue weighted by Gasteiger charge is -2.15. The summed E-state index contributed by atoms with van der Waals surface area (Å²) in [5, 5.41) is 3.24. The second-order valence-corrected chi connectivity index (χ2v) is 5.70. The number of nitrogens with one attached hydrogen (secondary N) is 1. The Kier molecular flexibility index (Phi) is 4.82. The van der Waals surface area contributed by atoms with Crippen molar-refractivity contribution >= 4 is 17.5 Å². The van der Waals surface area contributed by atoms with Crippen LogP contribution in [0.25, 0.3) is 11.1 Å². The van der Waals surface area contributed by atoms with Gasteiger partial charge in [-0.15, -0.1) is 0 Å². The van der Waals surface area contributed by atoms with Crippen LogP contribution in [0.15, 0.2) is 61.3 Å². The standard InChI is InChI=1S/C18H15ClN4O/c1-12(23-18(24)15-6-7-22-17(19)8-15)13-2-4-14(5-3-13)16-9-20-11-21-10-16/h2-12H,1H3,(H,23,24). The van der Waals surface area contributed by atoms with Crippen molar-refractivity contribution in [3.05, 3.63) is 77.6 Å². The number of rotatable bonds is 4. The zero-order chi connectivity index (χ0) is 16.9. The van der Waals surface area contributed by atoms with E-state index >= 15 is 0 Å². The van der Waals surface area contributed by atoms with Gasteiger partial charge in [0.25, 0.3) is 5.91 Å². The molecule has 24 heavy (non-hydrogen) atoms. The first-order chi connectivity index (χ1) is 11.6. The monoisotopic (exact) mass is 338 g/mol. The smallest absolute Gasteiger partial charge is 0.251 e. The normalized spacial score (nSPS) is 11.8. The first-order valence-corrected chi connectivity index (χ1v) is 7.79. The predicted molar refractivity (Wildman–Crippen MR) is 92.6 cm³/mol. The first-order valence-electron chi connectivity index (χ1n) is 7.41. The van der Waals surface area contributed by atoms with Crippen molar-refractivity contribution in [1.29, 1.82) is 0 Å². The lowest BCUT2D eigenvalue weighted by Crippen LogP contribution is -2.26. The minimum atomic E-state index is -0.188. The van der Waals surface area contributed by atoms with Crippen LogP contribution in [0.4, 0.5) is 0 Å². The van der Waals surface area contributed by atoms with E-state index in [2.05, 4.69) is 20.3 Å². The zero-order valence-corrected chi connectivity index (χ0v) is 13.7. The molecular formula is C18H15ClN4O. The van der Waals surface area contributed by atoms with E-state index in [1.807, 2.05) is 31.2 Å². The Morgan fingerprint density at radius 3 is 2.46 bits per heavy atom. The maximum atomic E-state index is 12.3. The maximum absolute atomic E-state index is 12.3. The zero-order valence-electron chi connectivity index (χ0n) is 13.0. The molecule has 0 fully saturated rings. The Morgan fingerprint density at radius 2 is 1.79 bits per heavy atom. The first kappa shape index (κ1) is 16.1. The van der Waals surface area contributed by atoms with Gasteiger partial charge in [0.15, 0.2) is 0 Å². The lowest BCUT2D eigenvalue weighted by molar-refractivity contribution is 0.0940. The van der Waals surface area contributed by atoms with Gasteiger partial charge in [-0.2, -0.15) is 0 Å². The molecule has 1 unspecified atom stereocenters. The van der Waals surface area contributed by atoms with Crippen molar-refractivity contribution in [3.8, 4) is 11.1 Å². The molecule has 1 aromatic carbocycles. The molecule has 0 aliphatic rings. The van der Waals surface area contributed by atoms with Gasteiger partial charge in [-0.25, -0.2) is 15.0 Å². The highest BCUT2D eigenvalue weighted by molar-refractivity contribution is 6.29. The molecule has 2 aromatic heterocycles. The molecule has 1 N–H and O–H groups in total. The number of carbonyl (C=O) groups excluding carboxylic acids is 1. The Hall–Kier alpha value is -2.79. The van der Waals surface area contributed by atoms with E-state index in [4.69, 9.17) is 11.6 Å². The summed E-state index contributed by atoms with van der Waals surface area (Å²) in [7, 11) is 0. The number of aromatic nitrogens is 3. The van der Waals surface area contributed by atoms with Gasteiger partial charge in [-0.05, 0) is 30.2 Å². The Morgan fingerprint density at radius 1 is 1.08 bits per heavy atom. The third-order valence-corrected chi connectivity index (χ3v) is 3.85. The van der Waals surface area contributed by atoms with Crippen molar-refractivity contribution in [2.75, 3.05) is 0 Å². The highest BCUT2D eigenvalue weighted by atomic mass is 35.5. The molecule has 0 radical (unpaired) electrons. The van der Waals surface area contributed by atoms with Gasteiger partial charge in [0.1, 0.15) is 11.5 Å². The highest BCUT2D eigenvalue weighted by Crippen LogP contribution is 2.21. The highest BCUT2D eigenvalue weighted by Gasteiger charge is 2.12. The molecule has 0 saturated carbocycles. The molecule has 1 amide bonds. The quantitative estimate of drug-likeness (QED) is 0.737. The largest absolute Gasteiger partial charge is 0.346 e. The fourth-order valence-electron chi connectivity index (χ4n) is 2.32. The van der Waals surface area contributed by atoms with Crippen LogP contribution in [-0.4, -0.2) is 20.9 Å². The predicted octanol–water partition coefficient (Wildman–Crippen LogP) is 3.68. The molecule has 2 heterocycles. The van der Waals surface area contributed by atoms with Crippen molar-refractivity contribution in [1.82, 2.24) is 20.3 Å². The van der Waals surface area contributed by atoms with Crippen LogP contribution >= 0.6 is 11.6 Å². The van der Waals surface area contributed by atoms with Crippen molar-refractivity contribution in [2.24, 2.45) is 0 Å². The van der Waals surface area contributed by atoms with Crippen LogP contribution in [0, 0.1) is 0 Å². The minimum Gasteiger partial charge on any atom is -0.346 e. The van der Waals surface area contributed by atoms with Crippen LogP contribution in [0.1, 0.15) is 28.9 Å². The second kappa shape index (κ2) is 7.19. The molecule has 0 aliphatic heterocycles.